The Morgan fingerprint density at radius 3 is 1.90 bits per heavy atom. The number of esters is 1. The molecule has 0 atom stereocenters. The third-order valence-corrected chi connectivity index (χ3v) is 5.46. The Balaban J connectivity index is 2.49. The van der Waals surface area contributed by atoms with Crippen molar-refractivity contribution in [3.63, 3.8) is 0 Å². The van der Waals surface area contributed by atoms with E-state index in [0.29, 0.717) is 11.0 Å². The molecular weight excluding hydrogens is 579 g/mol. The van der Waals surface area contributed by atoms with Crippen LogP contribution >= 0.6 is 22.6 Å². The van der Waals surface area contributed by atoms with E-state index in [1.54, 1.807) is 0 Å². The van der Waals surface area contributed by atoms with Gasteiger partial charge in [0.1, 0.15) is 0 Å². The van der Waals surface area contributed by atoms with E-state index in [9.17, 15) is 53.7 Å². The molecule has 0 spiro atoms. The molecule has 0 bridgehead atoms. The SMILES string of the molecule is O=C(OC(CS(=O)(=O)[O-])(C(F)(F)F)C(F)(F)F)c1ccc(N2C(=O)C=CC2=O)cc1I. The van der Waals surface area contributed by atoms with Crippen molar-refractivity contribution in [2.75, 3.05) is 10.7 Å². The molecule has 1 aliphatic rings. The van der Waals surface area contributed by atoms with Gasteiger partial charge in [0.2, 0.25) is 0 Å². The van der Waals surface area contributed by atoms with E-state index in [2.05, 4.69) is 4.74 Å². The van der Waals surface area contributed by atoms with Crippen molar-refractivity contribution in [2.24, 2.45) is 0 Å². The van der Waals surface area contributed by atoms with Gasteiger partial charge < -0.3 is 9.29 Å². The van der Waals surface area contributed by atoms with Crippen molar-refractivity contribution < 1.29 is 58.4 Å². The van der Waals surface area contributed by atoms with Crippen LogP contribution in [0.1, 0.15) is 10.4 Å². The Kier molecular flexibility index (Phi) is 6.50. The maximum absolute atomic E-state index is 13.2. The third kappa shape index (κ3) is 5.00. The summed E-state index contributed by atoms with van der Waals surface area (Å²) in [5.41, 5.74) is -6.65. The first-order chi connectivity index (χ1) is 13.9. The van der Waals surface area contributed by atoms with Crippen LogP contribution in [-0.4, -0.2) is 54.5 Å². The normalized spacial score (nSPS) is 15.5. The summed E-state index contributed by atoms with van der Waals surface area (Å²) in [6.07, 6.45) is -11.2. The van der Waals surface area contributed by atoms with Gasteiger partial charge in [0.15, 0.2) is 0 Å². The average molecular weight is 586 g/mol. The van der Waals surface area contributed by atoms with Crippen LogP contribution in [0.2, 0.25) is 0 Å². The maximum atomic E-state index is 13.2. The van der Waals surface area contributed by atoms with Crippen molar-refractivity contribution in [1.82, 2.24) is 0 Å². The number of benzene rings is 1. The smallest absolute Gasteiger partial charge is 0.438 e. The number of halogens is 7. The van der Waals surface area contributed by atoms with Crippen LogP contribution < -0.4 is 4.90 Å². The lowest BCUT2D eigenvalue weighted by Crippen LogP contribution is -2.63. The second-order valence-electron chi connectivity index (χ2n) is 5.92. The number of nitrogens with zero attached hydrogens (tertiary/aromatic N) is 1. The molecule has 170 valence electrons. The minimum Gasteiger partial charge on any atom is -0.748 e. The summed E-state index contributed by atoms with van der Waals surface area (Å²) in [5.74, 6) is -6.95. The number of carbonyl (C=O) groups is 3. The molecule has 1 aromatic rings. The fourth-order valence-electron chi connectivity index (χ4n) is 2.40. The topological polar surface area (TPSA) is 121 Å². The van der Waals surface area contributed by atoms with Gasteiger partial charge in [-0.15, -0.1) is 0 Å². The number of rotatable bonds is 5. The Labute approximate surface area is 182 Å². The summed E-state index contributed by atoms with van der Waals surface area (Å²) >= 11 is 1.31. The Morgan fingerprint density at radius 1 is 1.03 bits per heavy atom. The molecule has 0 N–H and O–H groups in total. The second-order valence-corrected chi connectivity index (χ2v) is 8.49. The molecule has 0 saturated carbocycles. The van der Waals surface area contributed by atoms with E-state index in [4.69, 9.17) is 0 Å². The highest BCUT2D eigenvalue weighted by Crippen LogP contribution is 2.47. The van der Waals surface area contributed by atoms with Crippen LogP contribution in [0.3, 0.4) is 0 Å². The predicted molar refractivity (Wildman–Crippen MR) is 95.6 cm³/mol. The van der Waals surface area contributed by atoms with Gasteiger partial charge in [-0.05, 0) is 40.8 Å². The third-order valence-electron chi connectivity index (χ3n) is 3.80. The summed E-state index contributed by atoms with van der Waals surface area (Å²) in [6.45, 7) is 0. The molecule has 0 fully saturated rings. The molecule has 31 heavy (non-hydrogen) atoms. The zero-order chi connectivity index (χ0) is 24.0. The minimum atomic E-state index is -6.51. The minimum absolute atomic E-state index is 0.152. The summed E-state index contributed by atoms with van der Waals surface area (Å²) in [7, 11) is -6.17. The Hall–Kier alpha value is -2.21. The van der Waals surface area contributed by atoms with Crippen LogP contribution in [-0.2, 0) is 24.4 Å². The molecule has 16 heteroatoms. The van der Waals surface area contributed by atoms with E-state index in [1.165, 1.54) is 22.6 Å². The molecule has 8 nitrogen and oxygen atoms in total. The first kappa shape index (κ1) is 25.1. The van der Waals surface area contributed by atoms with Crippen LogP contribution in [0.15, 0.2) is 30.4 Å². The van der Waals surface area contributed by atoms with E-state index >= 15 is 0 Å². The van der Waals surface area contributed by atoms with Crippen LogP contribution in [0.25, 0.3) is 0 Å². The Bertz CT molecular complexity index is 1050. The maximum Gasteiger partial charge on any atom is 0.438 e. The van der Waals surface area contributed by atoms with E-state index in [1.807, 2.05) is 0 Å². The molecule has 0 aliphatic carbocycles. The summed E-state index contributed by atoms with van der Waals surface area (Å²) in [4.78, 5) is 36.0. The van der Waals surface area contributed by atoms with Gasteiger partial charge in [0.05, 0.1) is 27.1 Å². The molecule has 1 aliphatic heterocycles. The average Bonchev–Trinajstić information content (AvgIpc) is 2.89. The lowest BCUT2D eigenvalue weighted by Gasteiger charge is -2.37. The number of imide groups is 1. The zero-order valence-corrected chi connectivity index (χ0v) is 17.4. The standard InChI is InChI=1S/C15H8F6INO7S/c16-14(17,18)13(15(19,20)21,6-31(27,28)29)30-12(26)8-2-1-7(5-9(8)22)23-10(24)3-4-11(23)25/h1-5H,6H2,(H,27,28,29)/p-1. The number of hydrogen-bond donors (Lipinski definition) is 0. The summed E-state index contributed by atoms with van der Waals surface area (Å²) < 4.78 is 115. The predicted octanol–water partition coefficient (Wildman–Crippen LogP) is 2.29. The van der Waals surface area contributed by atoms with Gasteiger partial charge in [0.25, 0.3) is 11.8 Å². The molecule has 0 saturated heterocycles. The van der Waals surface area contributed by atoms with Gasteiger partial charge in [-0.2, -0.15) is 26.3 Å². The zero-order valence-electron chi connectivity index (χ0n) is 14.5. The van der Waals surface area contributed by atoms with Gasteiger partial charge >= 0.3 is 23.9 Å². The molecular formula is C15H7F6INO7S-. The number of hydrogen-bond acceptors (Lipinski definition) is 7. The van der Waals surface area contributed by atoms with E-state index < -0.39 is 57.2 Å². The van der Waals surface area contributed by atoms with E-state index in [-0.39, 0.29) is 9.26 Å². The van der Waals surface area contributed by atoms with Crippen molar-refractivity contribution in [3.05, 3.63) is 39.5 Å². The molecule has 2 rings (SSSR count). The van der Waals surface area contributed by atoms with Crippen LogP contribution in [0.4, 0.5) is 32.0 Å². The van der Waals surface area contributed by atoms with Gasteiger partial charge in [-0.3, -0.25) is 9.59 Å². The number of ether oxygens (including phenoxy) is 1. The van der Waals surface area contributed by atoms with E-state index in [0.717, 1.165) is 24.3 Å². The summed E-state index contributed by atoms with van der Waals surface area (Å²) in [5, 5.41) is 0. The van der Waals surface area contributed by atoms with Crippen LogP contribution in [0.5, 0.6) is 0 Å². The lowest BCUT2D eigenvalue weighted by atomic mass is 10.1. The lowest BCUT2D eigenvalue weighted by molar-refractivity contribution is -0.356. The number of anilines is 1. The number of amides is 2. The first-order valence-corrected chi connectivity index (χ1v) is 10.2. The molecule has 0 unspecified atom stereocenters. The van der Waals surface area contributed by atoms with Crippen molar-refractivity contribution in [1.29, 1.82) is 0 Å². The highest BCUT2D eigenvalue weighted by atomic mass is 127. The van der Waals surface area contributed by atoms with Gasteiger partial charge in [-0.25, -0.2) is 18.1 Å². The van der Waals surface area contributed by atoms with Crippen molar-refractivity contribution >= 4 is 56.2 Å². The molecule has 0 aromatic heterocycles. The monoisotopic (exact) mass is 586 g/mol. The highest BCUT2D eigenvalue weighted by molar-refractivity contribution is 14.1. The molecule has 0 radical (unpaired) electrons. The van der Waals surface area contributed by atoms with Gasteiger partial charge in [-0.1, -0.05) is 0 Å². The molecule has 1 aromatic carbocycles. The quantitative estimate of drug-likeness (QED) is 0.171. The number of carbonyl (C=O) groups excluding carboxylic acids is 3. The largest absolute Gasteiger partial charge is 0.748 e. The second kappa shape index (κ2) is 8.05. The first-order valence-electron chi connectivity index (χ1n) is 7.56. The molecule has 2 amide bonds. The van der Waals surface area contributed by atoms with Crippen molar-refractivity contribution in [3.8, 4) is 0 Å². The highest BCUT2D eigenvalue weighted by Gasteiger charge is 2.75. The number of alkyl halides is 6. The van der Waals surface area contributed by atoms with Gasteiger partial charge in [0, 0.05) is 15.7 Å². The Morgan fingerprint density at radius 2 is 1.52 bits per heavy atom. The fourth-order valence-corrected chi connectivity index (χ4v) is 4.00. The fraction of sp³-hybridized carbons (Fsp3) is 0.267. The van der Waals surface area contributed by atoms with Crippen molar-refractivity contribution in [2.45, 2.75) is 18.0 Å². The summed E-state index contributed by atoms with van der Waals surface area (Å²) in [6, 6.07) is 2.46. The molecule has 1 heterocycles. The van der Waals surface area contributed by atoms with Crippen LogP contribution in [0, 0.1) is 3.57 Å².